The number of hydrogen-bond donors (Lipinski definition) is 1. The minimum absolute atomic E-state index is 0.136. The molecule has 0 aromatic heterocycles. The van der Waals surface area contributed by atoms with E-state index in [0.29, 0.717) is 5.88 Å². The number of carbonyl (C=O) groups is 1. The number of rotatable bonds is 3. The molecule has 0 saturated carbocycles. The molecular weight excluding hydrogens is 166 g/mol. The highest BCUT2D eigenvalue weighted by Crippen LogP contribution is 2.17. The standard InChI is InChI=1S/C7H12ClNO2/c8-4-6-2-1-3-9(6)5-7(10)11/h6H,1-5H2,(H,10,11). The maximum Gasteiger partial charge on any atom is 0.317 e. The van der Waals surface area contributed by atoms with E-state index in [1.165, 1.54) is 0 Å². The highest BCUT2D eigenvalue weighted by atomic mass is 35.5. The first-order valence-corrected chi connectivity index (χ1v) is 4.29. The van der Waals surface area contributed by atoms with Gasteiger partial charge in [-0.3, -0.25) is 9.69 Å². The summed E-state index contributed by atoms with van der Waals surface area (Å²) in [6, 6.07) is 0.285. The lowest BCUT2D eigenvalue weighted by Gasteiger charge is -2.19. The zero-order valence-electron chi connectivity index (χ0n) is 6.29. The third-order valence-electron chi connectivity index (χ3n) is 2.02. The second-order valence-corrected chi connectivity index (χ2v) is 3.12. The fraction of sp³-hybridized carbons (Fsp3) is 0.857. The third-order valence-corrected chi connectivity index (χ3v) is 2.37. The van der Waals surface area contributed by atoms with Crippen LogP contribution >= 0.6 is 11.6 Å². The summed E-state index contributed by atoms with van der Waals surface area (Å²) < 4.78 is 0. The summed E-state index contributed by atoms with van der Waals surface area (Å²) >= 11 is 5.65. The van der Waals surface area contributed by atoms with Crippen LogP contribution < -0.4 is 0 Å². The molecular formula is C7H12ClNO2. The van der Waals surface area contributed by atoms with Crippen LogP contribution in [0.1, 0.15) is 12.8 Å². The molecule has 0 aliphatic carbocycles. The molecule has 1 atom stereocenters. The van der Waals surface area contributed by atoms with Gasteiger partial charge in [0.15, 0.2) is 0 Å². The quantitative estimate of drug-likeness (QED) is 0.648. The normalized spacial score (nSPS) is 25.7. The molecule has 0 amide bonds. The monoisotopic (exact) mass is 177 g/mol. The van der Waals surface area contributed by atoms with E-state index in [9.17, 15) is 4.79 Å². The second kappa shape index (κ2) is 3.93. The lowest BCUT2D eigenvalue weighted by Crippen LogP contribution is -2.35. The van der Waals surface area contributed by atoms with Gasteiger partial charge < -0.3 is 5.11 Å². The van der Waals surface area contributed by atoms with Crippen LogP contribution in [0.3, 0.4) is 0 Å². The fourth-order valence-corrected chi connectivity index (χ4v) is 1.80. The van der Waals surface area contributed by atoms with Crippen LogP contribution in [0.2, 0.25) is 0 Å². The Morgan fingerprint density at radius 3 is 3.00 bits per heavy atom. The molecule has 1 fully saturated rings. The number of carboxylic acids is 1. The summed E-state index contributed by atoms with van der Waals surface area (Å²) in [7, 11) is 0. The lowest BCUT2D eigenvalue weighted by atomic mass is 10.2. The number of likely N-dealkylation sites (tertiary alicyclic amines) is 1. The summed E-state index contributed by atoms with van der Waals surface area (Å²) in [6.45, 7) is 1.01. The van der Waals surface area contributed by atoms with Gasteiger partial charge in [-0.05, 0) is 19.4 Å². The first kappa shape index (κ1) is 8.81. The van der Waals surface area contributed by atoms with Crippen molar-refractivity contribution in [3.63, 3.8) is 0 Å². The van der Waals surface area contributed by atoms with Gasteiger partial charge >= 0.3 is 5.97 Å². The summed E-state index contributed by atoms with van der Waals surface area (Å²) in [6.07, 6.45) is 2.11. The van der Waals surface area contributed by atoms with Crippen molar-refractivity contribution >= 4 is 17.6 Å². The van der Waals surface area contributed by atoms with Gasteiger partial charge in [0.25, 0.3) is 0 Å². The molecule has 1 aliphatic rings. The first-order valence-electron chi connectivity index (χ1n) is 3.76. The number of aliphatic carboxylic acids is 1. The van der Waals surface area contributed by atoms with Gasteiger partial charge in [-0.15, -0.1) is 11.6 Å². The van der Waals surface area contributed by atoms with Crippen molar-refractivity contribution in [1.82, 2.24) is 4.90 Å². The predicted octanol–water partition coefficient (Wildman–Crippen LogP) is 0.774. The van der Waals surface area contributed by atoms with Gasteiger partial charge in [0.2, 0.25) is 0 Å². The van der Waals surface area contributed by atoms with Crippen LogP contribution in [0.25, 0.3) is 0 Å². The molecule has 4 heteroatoms. The minimum atomic E-state index is -0.762. The zero-order chi connectivity index (χ0) is 8.27. The van der Waals surface area contributed by atoms with Gasteiger partial charge in [0.1, 0.15) is 0 Å². The van der Waals surface area contributed by atoms with Crippen molar-refractivity contribution in [1.29, 1.82) is 0 Å². The Morgan fingerprint density at radius 2 is 2.45 bits per heavy atom. The van der Waals surface area contributed by atoms with Crippen LogP contribution in [0.15, 0.2) is 0 Å². The van der Waals surface area contributed by atoms with Gasteiger partial charge in [0, 0.05) is 11.9 Å². The summed E-state index contributed by atoms with van der Waals surface area (Å²) in [5, 5.41) is 8.50. The number of halogens is 1. The highest BCUT2D eigenvalue weighted by Gasteiger charge is 2.24. The number of nitrogens with zero attached hydrogens (tertiary/aromatic N) is 1. The van der Waals surface area contributed by atoms with Gasteiger partial charge in [0.05, 0.1) is 6.54 Å². The van der Waals surface area contributed by atoms with Crippen LogP contribution in [-0.4, -0.2) is 41.0 Å². The lowest BCUT2D eigenvalue weighted by molar-refractivity contribution is -0.138. The average Bonchev–Trinajstić information content (AvgIpc) is 2.34. The van der Waals surface area contributed by atoms with E-state index in [1.54, 1.807) is 0 Å². The molecule has 64 valence electrons. The Balaban J connectivity index is 2.37. The van der Waals surface area contributed by atoms with E-state index in [2.05, 4.69) is 0 Å². The SMILES string of the molecule is O=C(O)CN1CCCC1CCl. The van der Waals surface area contributed by atoms with E-state index >= 15 is 0 Å². The Hall–Kier alpha value is -0.280. The molecule has 1 aliphatic heterocycles. The van der Waals surface area contributed by atoms with Gasteiger partial charge in [-0.1, -0.05) is 0 Å². The molecule has 0 aromatic carbocycles. The smallest absolute Gasteiger partial charge is 0.317 e. The van der Waals surface area contributed by atoms with Crippen LogP contribution in [0.4, 0.5) is 0 Å². The van der Waals surface area contributed by atoms with Crippen molar-refractivity contribution in [3.8, 4) is 0 Å². The van der Waals surface area contributed by atoms with Gasteiger partial charge in [-0.25, -0.2) is 0 Å². The average molecular weight is 178 g/mol. The summed E-state index contributed by atoms with van der Waals surface area (Å²) in [4.78, 5) is 12.3. The Bertz CT molecular complexity index is 151. The molecule has 0 aromatic rings. The minimum Gasteiger partial charge on any atom is -0.480 e. The number of hydrogen-bond acceptors (Lipinski definition) is 2. The van der Waals surface area contributed by atoms with Crippen molar-refractivity contribution in [2.45, 2.75) is 18.9 Å². The third kappa shape index (κ3) is 2.34. The van der Waals surface area contributed by atoms with E-state index < -0.39 is 5.97 Å². The largest absolute Gasteiger partial charge is 0.480 e. The summed E-state index contributed by atoms with van der Waals surface area (Å²) in [5.41, 5.74) is 0. The molecule has 0 spiro atoms. The molecule has 11 heavy (non-hydrogen) atoms. The van der Waals surface area contributed by atoms with E-state index in [4.69, 9.17) is 16.7 Å². The maximum atomic E-state index is 10.3. The van der Waals surface area contributed by atoms with E-state index in [0.717, 1.165) is 19.4 Å². The molecule has 1 rings (SSSR count). The highest BCUT2D eigenvalue weighted by molar-refractivity contribution is 6.18. The van der Waals surface area contributed by atoms with Crippen molar-refractivity contribution in [2.75, 3.05) is 19.0 Å². The van der Waals surface area contributed by atoms with Crippen molar-refractivity contribution < 1.29 is 9.90 Å². The van der Waals surface area contributed by atoms with Crippen LogP contribution in [0, 0.1) is 0 Å². The fourth-order valence-electron chi connectivity index (χ4n) is 1.45. The molecule has 0 radical (unpaired) electrons. The molecule has 1 saturated heterocycles. The van der Waals surface area contributed by atoms with E-state index in [1.807, 2.05) is 4.90 Å². The Labute approximate surface area is 70.9 Å². The summed E-state index contributed by atoms with van der Waals surface area (Å²) in [5.74, 6) is -0.213. The van der Waals surface area contributed by atoms with Crippen LogP contribution in [0.5, 0.6) is 0 Å². The Kier molecular flexibility index (Phi) is 3.15. The van der Waals surface area contributed by atoms with Crippen LogP contribution in [-0.2, 0) is 4.79 Å². The number of carboxylic acid groups (broad SMARTS) is 1. The van der Waals surface area contributed by atoms with E-state index in [-0.39, 0.29) is 12.6 Å². The molecule has 3 nitrogen and oxygen atoms in total. The topological polar surface area (TPSA) is 40.5 Å². The molecule has 1 N–H and O–H groups in total. The van der Waals surface area contributed by atoms with Gasteiger partial charge in [-0.2, -0.15) is 0 Å². The zero-order valence-corrected chi connectivity index (χ0v) is 7.05. The molecule has 1 unspecified atom stereocenters. The first-order chi connectivity index (χ1) is 5.24. The number of alkyl halides is 1. The molecule has 0 bridgehead atoms. The predicted molar refractivity (Wildman–Crippen MR) is 43.0 cm³/mol. The second-order valence-electron chi connectivity index (χ2n) is 2.81. The Morgan fingerprint density at radius 1 is 1.73 bits per heavy atom. The maximum absolute atomic E-state index is 10.3. The van der Waals surface area contributed by atoms with Crippen molar-refractivity contribution in [2.24, 2.45) is 0 Å². The van der Waals surface area contributed by atoms with Crippen molar-refractivity contribution in [3.05, 3.63) is 0 Å². The molecule has 1 heterocycles.